The molecule has 0 amide bonds. The normalized spacial score (nSPS) is 10.4. The van der Waals surface area contributed by atoms with Gasteiger partial charge in [-0.25, -0.2) is 4.98 Å². The van der Waals surface area contributed by atoms with E-state index in [0.717, 1.165) is 11.3 Å². The van der Waals surface area contributed by atoms with E-state index in [4.69, 9.17) is 9.84 Å². The van der Waals surface area contributed by atoms with Crippen LogP contribution in [-0.4, -0.2) is 21.8 Å². The summed E-state index contributed by atoms with van der Waals surface area (Å²) in [5.74, 6) is 1.51. The number of aromatic nitrogens is 2. The molecule has 84 valence electrons. The molecule has 0 unspecified atom stereocenters. The molecular weight excluding hydrogens is 204 g/mol. The van der Waals surface area contributed by atoms with Crippen LogP contribution >= 0.6 is 0 Å². The first-order valence-electron chi connectivity index (χ1n) is 5.07. The molecule has 16 heavy (non-hydrogen) atoms. The van der Waals surface area contributed by atoms with Crippen molar-refractivity contribution in [3.63, 3.8) is 0 Å². The van der Waals surface area contributed by atoms with Crippen LogP contribution in [0.2, 0.25) is 0 Å². The van der Waals surface area contributed by atoms with E-state index < -0.39 is 0 Å². The van der Waals surface area contributed by atoms with Crippen LogP contribution in [0.4, 0.5) is 0 Å². The second-order valence-corrected chi connectivity index (χ2v) is 3.48. The van der Waals surface area contributed by atoms with Gasteiger partial charge >= 0.3 is 0 Å². The fourth-order valence-corrected chi connectivity index (χ4v) is 1.60. The highest BCUT2D eigenvalue weighted by Gasteiger charge is 2.02. The summed E-state index contributed by atoms with van der Waals surface area (Å²) in [6, 6.07) is 7.85. The average molecular weight is 218 g/mol. The Balaban J connectivity index is 2.20. The van der Waals surface area contributed by atoms with Crippen LogP contribution in [-0.2, 0) is 13.2 Å². The van der Waals surface area contributed by atoms with Gasteiger partial charge in [-0.2, -0.15) is 0 Å². The fraction of sp³-hybridized carbons (Fsp3) is 0.250. The van der Waals surface area contributed by atoms with Gasteiger partial charge in [0.15, 0.2) is 0 Å². The van der Waals surface area contributed by atoms with Gasteiger partial charge in [0.05, 0.1) is 7.11 Å². The van der Waals surface area contributed by atoms with Crippen LogP contribution in [0.1, 0.15) is 11.4 Å². The van der Waals surface area contributed by atoms with E-state index in [1.165, 1.54) is 0 Å². The molecule has 1 heterocycles. The maximum absolute atomic E-state index is 9.08. The lowest BCUT2D eigenvalue weighted by Gasteiger charge is -2.07. The first-order chi connectivity index (χ1) is 7.83. The van der Waals surface area contributed by atoms with Crippen molar-refractivity contribution in [3.8, 4) is 5.75 Å². The van der Waals surface area contributed by atoms with Crippen LogP contribution in [0.25, 0.3) is 0 Å². The Morgan fingerprint density at radius 3 is 3.06 bits per heavy atom. The van der Waals surface area contributed by atoms with E-state index in [0.29, 0.717) is 12.4 Å². The van der Waals surface area contributed by atoms with Crippen molar-refractivity contribution in [2.45, 2.75) is 13.2 Å². The van der Waals surface area contributed by atoms with Crippen molar-refractivity contribution < 1.29 is 9.84 Å². The Morgan fingerprint density at radius 1 is 1.44 bits per heavy atom. The third-order valence-corrected chi connectivity index (χ3v) is 2.43. The Bertz CT molecular complexity index is 466. The lowest BCUT2D eigenvalue weighted by atomic mass is 10.2. The molecule has 1 N–H and O–H groups in total. The van der Waals surface area contributed by atoms with Gasteiger partial charge in [-0.3, -0.25) is 0 Å². The molecule has 2 aromatic rings. The summed E-state index contributed by atoms with van der Waals surface area (Å²) in [6.45, 7) is 0.643. The van der Waals surface area contributed by atoms with Crippen LogP contribution in [0.15, 0.2) is 36.7 Å². The van der Waals surface area contributed by atoms with Gasteiger partial charge < -0.3 is 14.4 Å². The highest BCUT2D eigenvalue weighted by Crippen LogP contribution is 2.14. The third kappa shape index (κ3) is 2.23. The molecule has 0 saturated heterocycles. The number of nitrogens with zero attached hydrogens (tertiary/aromatic N) is 2. The number of aliphatic hydroxyl groups excluding tert-OH is 1. The van der Waals surface area contributed by atoms with Crippen LogP contribution < -0.4 is 4.74 Å². The zero-order valence-electron chi connectivity index (χ0n) is 9.13. The number of rotatable bonds is 4. The topological polar surface area (TPSA) is 47.3 Å². The van der Waals surface area contributed by atoms with Gasteiger partial charge in [-0.1, -0.05) is 12.1 Å². The van der Waals surface area contributed by atoms with Gasteiger partial charge in [0.1, 0.15) is 18.2 Å². The van der Waals surface area contributed by atoms with Crippen LogP contribution in [0.3, 0.4) is 0 Å². The summed E-state index contributed by atoms with van der Waals surface area (Å²) < 4.78 is 7.07. The van der Waals surface area contributed by atoms with Gasteiger partial charge in [-0.05, 0) is 17.7 Å². The van der Waals surface area contributed by atoms with E-state index in [1.54, 1.807) is 13.3 Å². The molecule has 0 atom stereocenters. The minimum atomic E-state index is -0.0447. The Labute approximate surface area is 94.1 Å². The van der Waals surface area contributed by atoms with E-state index >= 15 is 0 Å². The molecule has 0 fully saturated rings. The highest BCUT2D eigenvalue weighted by molar-refractivity contribution is 5.28. The summed E-state index contributed by atoms with van der Waals surface area (Å²) in [6.07, 6.45) is 3.54. The molecule has 0 aliphatic carbocycles. The number of imidazole rings is 1. The van der Waals surface area contributed by atoms with Crippen molar-refractivity contribution >= 4 is 0 Å². The minimum Gasteiger partial charge on any atom is -0.497 e. The van der Waals surface area contributed by atoms with Gasteiger partial charge in [0.25, 0.3) is 0 Å². The molecule has 0 aliphatic heterocycles. The van der Waals surface area contributed by atoms with E-state index in [2.05, 4.69) is 4.98 Å². The largest absolute Gasteiger partial charge is 0.497 e. The SMILES string of the molecule is COc1cccc(Cn2ccnc2CO)c1. The molecule has 0 saturated carbocycles. The van der Waals surface area contributed by atoms with Crippen molar-refractivity contribution in [1.82, 2.24) is 9.55 Å². The molecule has 0 aliphatic rings. The molecule has 0 spiro atoms. The van der Waals surface area contributed by atoms with Crippen LogP contribution in [0, 0.1) is 0 Å². The fourth-order valence-electron chi connectivity index (χ4n) is 1.60. The third-order valence-electron chi connectivity index (χ3n) is 2.43. The summed E-state index contributed by atoms with van der Waals surface area (Å²) in [7, 11) is 1.65. The van der Waals surface area contributed by atoms with E-state index in [-0.39, 0.29) is 6.61 Å². The number of methoxy groups -OCH3 is 1. The summed E-state index contributed by atoms with van der Waals surface area (Å²) in [4.78, 5) is 4.06. The Morgan fingerprint density at radius 2 is 2.31 bits per heavy atom. The summed E-state index contributed by atoms with van der Waals surface area (Å²) in [5, 5.41) is 9.08. The number of aliphatic hydroxyl groups is 1. The maximum Gasteiger partial charge on any atom is 0.134 e. The second-order valence-electron chi connectivity index (χ2n) is 3.48. The molecule has 2 rings (SSSR count). The zero-order valence-corrected chi connectivity index (χ0v) is 9.13. The number of hydrogen-bond donors (Lipinski definition) is 1. The summed E-state index contributed by atoms with van der Waals surface area (Å²) in [5.41, 5.74) is 1.12. The molecule has 1 aromatic heterocycles. The van der Waals surface area contributed by atoms with Gasteiger partial charge in [0, 0.05) is 18.9 Å². The highest BCUT2D eigenvalue weighted by atomic mass is 16.5. The minimum absolute atomic E-state index is 0.0447. The summed E-state index contributed by atoms with van der Waals surface area (Å²) >= 11 is 0. The first-order valence-corrected chi connectivity index (χ1v) is 5.07. The molecule has 4 nitrogen and oxygen atoms in total. The lowest BCUT2D eigenvalue weighted by molar-refractivity contribution is 0.266. The predicted octanol–water partition coefficient (Wildman–Crippen LogP) is 1.43. The number of benzene rings is 1. The smallest absolute Gasteiger partial charge is 0.134 e. The zero-order chi connectivity index (χ0) is 11.4. The lowest BCUT2D eigenvalue weighted by Crippen LogP contribution is -2.04. The molecular formula is C12H14N2O2. The average Bonchev–Trinajstić information content (AvgIpc) is 2.76. The van der Waals surface area contributed by atoms with E-state index in [1.807, 2.05) is 35.0 Å². The van der Waals surface area contributed by atoms with Crippen molar-refractivity contribution in [3.05, 3.63) is 48.0 Å². The predicted molar refractivity (Wildman–Crippen MR) is 60.2 cm³/mol. The van der Waals surface area contributed by atoms with Crippen molar-refractivity contribution in [2.75, 3.05) is 7.11 Å². The van der Waals surface area contributed by atoms with E-state index in [9.17, 15) is 0 Å². The number of ether oxygens (including phenoxy) is 1. The molecule has 4 heteroatoms. The maximum atomic E-state index is 9.08. The molecule has 0 radical (unpaired) electrons. The first kappa shape index (κ1) is 10.7. The van der Waals surface area contributed by atoms with Gasteiger partial charge in [-0.15, -0.1) is 0 Å². The van der Waals surface area contributed by atoms with Gasteiger partial charge in [0.2, 0.25) is 0 Å². The Hall–Kier alpha value is -1.81. The van der Waals surface area contributed by atoms with Crippen molar-refractivity contribution in [2.24, 2.45) is 0 Å². The number of hydrogen-bond acceptors (Lipinski definition) is 3. The molecule has 1 aromatic carbocycles. The quantitative estimate of drug-likeness (QED) is 0.844. The monoisotopic (exact) mass is 218 g/mol. The standard InChI is InChI=1S/C12H14N2O2/c1-16-11-4-2-3-10(7-11)8-14-6-5-13-12(14)9-15/h2-7,15H,8-9H2,1H3. The van der Waals surface area contributed by atoms with Crippen LogP contribution in [0.5, 0.6) is 5.75 Å². The Kier molecular flexibility index (Phi) is 3.22. The molecule has 0 bridgehead atoms. The van der Waals surface area contributed by atoms with Crippen molar-refractivity contribution in [1.29, 1.82) is 0 Å². The second kappa shape index (κ2) is 4.81.